The zero-order valence-electron chi connectivity index (χ0n) is 14.3. The highest BCUT2D eigenvalue weighted by atomic mass is 32.2. The summed E-state index contributed by atoms with van der Waals surface area (Å²) in [5, 5.41) is 2.84. The van der Waals surface area contributed by atoms with Crippen LogP contribution in [0.5, 0.6) is 0 Å². The van der Waals surface area contributed by atoms with Crippen LogP contribution in [0.2, 0.25) is 0 Å². The molecule has 0 spiro atoms. The highest BCUT2D eigenvalue weighted by Crippen LogP contribution is 2.32. The van der Waals surface area contributed by atoms with E-state index in [-0.39, 0.29) is 24.8 Å². The Morgan fingerprint density at radius 2 is 2.35 bits per heavy atom. The maximum Gasteiger partial charge on any atom is 0.266 e. The number of hydrogen-bond acceptors (Lipinski definition) is 5. The Labute approximate surface area is 160 Å². The monoisotopic (exact) mass is 389 g/mol. The van der Waals surface area contributed by atoms with E-state index in [1.54, 1.807) is 12.5 Å². The number of amides is 2. The first-order valence-electron chi connectivity index (χ1n) is 8.15. The van der Waals surface area contributed by atoms with E-state index in [1.165, 1.54) is 16.7 Å². The van der Waals surface area contributed by atoms with Gasteiger partial charge in [0.2, 0.25) is 5.91 Å². The van der Waals surface area contributed by atoms with Gasteiger partial charge in [-0.25, -0.2) is 4.98 Å². The molecule has 1 fully saturated rings. The molecule has 2 aromatic heterocycles. The van der Waals surface area contributed by atoms with E-state index in [1.807, 2.05) is 36.0 Å². The minimum Gasteiger partial charge on any atom is -0.356 e. The lowest BCUT2D eigenvalue weighted by Crippen LogP contribution is -2.34. The first kappa shape index (κ1) is 18.4. The van der Waals surface area contributed by atoms with Gasteiger partial charge in [0.05, 0.1) is 11.2 Å². The lowest BCUT2D eigenvalue weighted by Gasteiger charge is -2.14. The summed E-state index contributed by atoms with van der Waals surface area (Å²) in [6, 6.07) is 3.85. The number of aryl methyl sites for hydroxylation is 1. The number of nitrogens with one attached hydrogen (secondary N) is 2. The van der Waals surface area contributed by atoms with Crippen molar-refractivity contribution in [1.29, 1.82) is 0 Å². The molecule has 3 heterocycles. The first-order valence-corrected chi connectivity index (χ1v) is 9.37. The smallest absolute Gasteiger partial charge is 0.266 e. The van der Waals surface area contributed by atoms with Crippen LogP contribution in [0.4, 0.5) is 0 Å². The molecular weight excluding hydrogens is 370 g/mol. The van der Waals surface area contributed by atoms with Crippen LogP contribution in [0.1, 0.15) is 17.8 Å². The van der Waals surface area contributed by atoms with Crippen LogP contribution in [0, 0.1) is 0 Å². The lowest BCUT2D eigenvalue weighted by atomic mass is 10.3. The molecule has 1 saturated heterocycles. The molecule has 0 aromatic carbocycles. The van der Waals surface area contributed by atoms with Crippen molar-refractivity contribution in [2.24, 2.45) is 7.05 Å². The Morgan fingerprint density at radius 1 is 1.50 bits per heavy atom. The molecule has 1 aliphatic heterocycles. The number of hydrogen-bond donors (Lipinski definition) is 2. The molecule has 1 aliphatic rings. The van der Waals surface area contributed by atoms with E-state index < -0.39 is 0 Å². The number of aromatic amines is 1. The molecule has 9 heteroatoms. The summed E-state index contributed by atoms with van der Waals surface area (Å²) < 4.78 is 2.42. The molecule has 3 rings (SSSR count). The fourth-order valence-corrected chi connectivity index (χ4v) is 3.80. The summed E-state index contributed by atoms with van der Waals surface area (Å²) in [5.41, 5.74) is 1.90. The third kappa shape index (κ3) is 4.41. The van der Waals surface area contributed by atoms with Crippen LogP contribution in [-0.4, -0.2) is 48.7 Å². The van der Waals surface area contributed by atoms with Crippen LogP contribution in [0.3, 0.4) is 0 Å². The summed E-state index contributed by atoms with van der Waals surface area (Å²) in [5.74, 6) is -0.253. The van der Waals surface area contributed by atoms with Gasteiger partial charge in [-0.1, -0.05) is 24.0 Å². The molecule has 2 amide bonds. The Morgan fingerprint density at radius 3 is 3.04 bits per heavy atom. The van der Waals surface area contributed by atoms with Crippen molar-refractivity contribution < 1.29 is 9.59 Å². The molecule has 2 aromatic rings. The van der Waals surface area contributed by atoms with Crippen molar-refractivity contribution in [2.75, 3.05) is 13.1 Å². The van der Waals surface area contributed by atoms with Crippen LogP contribution in [-0.2, 0) is 23.1 Å². The Hall–Kier alpha value is -2.39. The van der Waals surface area contributed by atoms with E-state index in [0.29, 0.717) is 22.2 Å². The number of imidazole rings is 1. The zero-order valence-corrected chi connectivity index (χ0v) is 15.9. The quantitative estimate of drug-likeness (QED) is 0.556. The molecule has 26 heavy (non-hydrogen) atoms. The molecule has 2 N–H and O–H groups in total. The molecule has 0 aliphatic carbocycles. The average molecular weight is 390 g/mol. The van der Waals surface area contributed by atoms with Crippen LogP contribution < -0.4 is 5.32 Å². The Balaban J connectivity index is 1.49. The van der Waals surface area contributed by atoms with Crippen molar-refractivity contribution >= 4 is 46.2 Å². The molecule has 7 nitrogen and oxygen atoms in total. The van der Waals surface area contributed by atoms with Crippen molar-refractivity contribution in [1.82, 2.24) is 24.8 Å². The van der Waals surface area contributed by atoms with Gasteiger partial charge in [-0.3, -0.25) is 14.5 Å². The fourth-order valence-electron chi connectivity index (χ4n) is 2.51. The summed E-state index contributed by atoms with van der Waals surface area (Å²) in [4.78, 5) is 33.5. The van der Waals surface area contributed by atoms with Gasteiger partial charge in [-0.2, -0.15) is 0 Å². The average Bonchev–Trinajstić information content (AvgIpc) is 3.31. The predicted molar refractivity (Wildman–Crippen MR) is 105 cm³/mol. The Kier molecular flexibility index (Phi) is 5.89. The van der Waals surface area contributed by atoms with Gasteiger partial charge >= 0.3 is 0 Å². The standard InChI is InChI=1S/C17H19N5O2S2/c1-21-7-2-3-13(21)9-14-16(24)22(17(25)26-14)8-5-15(23)19-6-4-12-10-18-11-20-12/h2-3,7,9-11H,4-6,8H2,1H3,(H,18,20)(H,19,23). The van der Waals surface area contributed by atoms with Crippen LogP contribution >= 0.6 is 24.0 Å². The number of carbonyl (C=O) groups is 2. The largest absolute Gasteiger partial charge is 0.356 e. The van der Waals surface area contributed by atoms with Gasteiger partial charge in [0.15, 0.2) is 0 Å². The molecule has 0 bridgehead atoms. The van der Waals surface area contributed by atoms with Crippen molar-refractivity contribution in [2.45, 2.75) is 12.8 Å². The lowest BCUT2D eigenvalue weighted by molar-refractivity contribution is -0.123. The minimum absolute atomic E-state index is 0.107. The van der Waals surface area contributed by atoms with E-state index in [0.717, 1.165) is 11.4 Å². The molecule has 0 atom stereocenters. The predicted octanol–water partition coefficient (Wildman–Crippen LogP) is 1.70. The Bertz CT molecular complexity index is 841. The number of aromatic nitrogens is 3. The summed E-state index contributed by atoms with van der Waals surface area (Å²) in [7, 11) is 1.92. The molecule has 136 valence electrons. The van der Waals surface area contributed by atoms with Crippen molar-refractivity contribution in [3.05, 3.63) is 47.1 Å². The van der Waals surface area contributed by atoms with E-state index >= 15 is 0 Å². The number of carbonyl (C=O) groups excluding carboxylic acids is 2. The van der Waals surface area contributed by atoms with Gasteiger partial charge in [0, 0.05) is 56.8 Å². The van der Waals surface area contributed by atoms with Gasteiger partial charge in [0.25, 0.3) is 5.91 Å². The highest BCUT2D eigenvalue weighted by Gasteiger charge is 2.32. The van der Waals surface area contributed by atoms with Crippen LogP contribution in [0.15, 0.2) is 35.8 Å². The number of thiocarbonyl (C=S) groups is 1. The minimum atomic E-state index is -0.147. The second-order valence-electron chi connectivity index (χ2n) is 5.80. The maximum atomic E-state index is 12.5. The summed E-state index contributed by atoms with van der Waals surface area (Å²) in [6.45, 7) is 0.803. The van der Waals surface area contributed by atoms with Gasteiger partial charge in [0.1, 0.15) is 4.32 Å². The van der Waals surface area contributed by atoms with Gasteiger partial charge < -0.3 is 14.9 Å². The summed E-state index contributed by atoms with van der Waals surface area (Å²) >= 11 is 6.56. The second kappa shape index (κ2) is 8.33. The van der Waals surface area contributed by atoms with Crippen molar-refractivity contribution in [3.63, 3.8) is 0 Å². The van der Waals surface area contributed by atoms with E-state index in [4.69, 9.17) is 12.2 Å². The number of thioether (sulfide) groups is 1. The number of rotatable bonds is 7. The first-order chi connectivity index (χ1) is 12.5. The molecule has 0 radical (unpaired) electrons. The van der Waals surface area contributed by atoms with Gasteiger partial charge in [-0.05, 0) is 18.2 Å². The third-order valence-electron chi connectivity index (χ3n) is 3.97. The van der Waals surface area contributed by atoms with E-state index in [2.05, 4.69) is 15.3 Å². The molecular formula is C17H19N5O2S2. The molecule has 0 unspecified atom stereocenters. The van der Waals surface area contributed by atoms with Gasteiger partial charge in [-0.15, -0.1) is 0 Å². The maximum absolute atomic E-state index is 12.5. The topological polar surface area (TPSA) is 83.0 Å². The molecule has 0 saturated carbocycles. The third-order valence-corrected chi connectivity index (χ3v) is 5.35. The zero-order chi connectivity index (χ0) is 18.5. The van der Waals surface area contributed by atoms with Crippen molar-refractivity contribution in [3.8, 4) is 0 Å². The normalized spacial score (nSPS) is 15.9. The summed E-state index contributed by atoms with van der Waals surface area (Å²) in [6.07, 6.45) is 7.98. The SMILES string of the molecule is Cn1cccc1C=C1SC(=S)N(CCC(=O)NCCc2cnc[nH]2)C1=O. The highest BCUT2D eigenvalue weighted by molar-refractivity contribution is 8.26. The number of H-pyrrole nitrogens is 1. The van der Waals surface area contributed by atoms with Crippen LogP contribution in [0.25, 0.3) is 6.08 Å². The fraction of sp³-hybridized carbons (Fsp3) is 0.294. The number of nitrogens with zero attached hydrogens (tertiary/aromatic N) is 3. The van der Waals surface area contributed by atoms with E-state index in [9.17, 15) is 9.59 Å². The second-order valence-corrected chi connectivity index (χ2v) is 7.48.